The molecule has 0 aliphatic rings. The summed E-state index contributed by atoms with van der Waals surface area (Å²) < 4.78 is 26.3. The van der Waals surface area contributed by atoms with Crippen LogP contribution in [-0.2, 0) is 16.6 Å². The molecule has 0 radical (unpaired) electrons. The van der Waals surface area contributed by atoms with Gasteiger partial charge in [-0.1, -0.05) is 42.3 Å². The molecule has 0 amide bonds. The second kappa shape index (κ2) is 7.61. The molecule has 118 valence electrons. The molecule has 0 unspecified atom stereocenters. The van der Waals surface area contributed by atoms with Crippen LogP contribution < -0.4 is 5.32 Å². The van der Waals surface area contributed by atoms with Gasteiger partial charge in [0.15, 0.2) is 0 Å². The summed E-state index contributed by atoms with van der Waals surface area (Å²) >= 11 is 12.2. The number of halogens is 2. The monoisotopic (exact) mass is 350 g/mol. The van der Waals surface area contributed by atoms with Gasteiger partial charge in [-0.05, 0) is 31.2 Å². The van der Waals surface area contributed by atoms with Crippen LogP contribution in [-0.4, -0.2) is 32.9 Å². The van der Waals surface area contributed by atoms with Crippen molar-refractivity contribution in [3.63, 3.8) is 0 Å². The highest BCUT2D eigenvalue weighted by Gasteiger charge is 2.24. The average Bonchev–Trinajstić information content (AvgIpc) is 2.36. The van der Waals surface area contributed by atoms with Gasteiger partial charge < -0.3 is 5.32 Å². The molecule has 0 saturated heterocycles. The molecule has 4 nitrogen and oxygen atoms in total. The fourth-order valence-corrected chi connectivity index (χ4v) is 3.86. The van der Waals surface area contributed by atoms with Crippen LogP contribution in [0.5, 0.6) is 0 Å². The summed E-state index contributed by atoms with van der Waals surface area (Å²) in [7, 11) is -2.18. The van der Waals surface area contributed by atoms with Crippen molar-refractivity contribution in [3.8, 4) is 0 Å². The van der Waals surface area contributed by atoms with Gasteiger partial charge in [-0.25, -0.2) is 8.42 Å². The van der Waals surface area contributed by atoms with Crippen LogP contribution in [0.25, 0.3) is 0 Å². The molecule has 0 atom stereocenters. The molecule has 0 heterocycles. The Labute approximate surface area is 136 Å². The minimum absolute atomic E-state index is 0.0604. The Morgan fingerprint density at radius 3 is 2.48 bits per heavy atom. The third-order valence-corrected chi connectivity index (χ3v) is 5.47. The van der Waals surface area contributed by atoms with Crippen molar-refractivity contribution in [2.75, 3.05) is 20.1 Å². The van der Waals surface area contributed by atoms with Crippen LogP contribution in [0.2, 0.25) is 10.0 Å². The summed E-state index contributed by atoms with van der Waals surface area (Å²) in [4.78, 5) is 0.0604. The summed E-state index contributed by atoms with van der Waals surface area (Å²) in [5, 5.41) is 3.68. The van der Waals surface area contributed by atoms with Gasteiger partial charge in [-0.2, -0.15) is 4.31 Å². The number of benzene rings is 1. The fourth-order valence-electron chi connectivity index (χ4n) is 1.80. The maximum Gasteiger partial charge on any atom is 0.244 e. The van der Waals surface area contributed by atoms with E-state index in [0.29, 0.717) is 17.1 Å². The van der Waals surface area contributed by atoms with Gasteiger partial charge >= 0.3 is 0 Å². The van der Waals surface area contributed by atoms with E-state index in [1.54, 1.807) is 6.92 Å². The number of hydrogen-bond donors (Lipinski definition) is 1. The molecule has 0 bridgehead atoms. The molecule has 1 N–H and O–H groups in total. The molecular weight excluding hydrogens is 331 g/mol. The number of sulfonamides is 1. The van der Waals surface area contributed by atoms with E-state index in [-0.39, 0.29) is 16.5 Å². The van der Waals surface area contributed by atoms with E-state index in [9.17, 15) is 8.42 Å². The third kappa shape index (κ3) is 4.69. The zero-order chi connectivity index (χ0) is 16.2. The fraction of sp³-hybridized carbons (Fsp3) is 0.429. The quantitative estimate of drug-likeness (QED) is 0.767. The Balaban J connectivity index is 3.25. The lowest BCUT2D eigenvalue weighted by atomic mass is 10.2. The van der Waals surface area contributed by atoms with Crippen LogP contribution in [0, 0.1) is 0 Å². The standard InChI is InChI=1S/C14H20Cl2N2O2S/c1-5-17-8-11-6-14(13(16)7-12(11)15)21(19,20)18(4)9-10(2)3/h6-7,17H,2,5,8-9H2,1,3-4H3. The van der Waals surface area contributed by atoms with Crippen molar-refractivity contribution in [3.05, 3.63) is 39.9 Å². The number of likely N-dealkylation sites (N-methyl/N-ethyl adjacent to an activating group) is 1. The maximum absolute atomic E-state index is 12.6. The lowest BCUT2D eigenvalue weighted by Gasteiger charge is -2.19. The largest absolute Gasteiger partial charge is 0.313 e. The van der Waals surface area contributed by atoms with Crippen LogP contribution in [0.15, 0.2) is 29.2 Å². The predicted octanol–water partition coefficient (Wildman–Crippen LogP) is 3.30. The molecule has 0 fully saturated rings. The second-order valence-electron chi connectivity index (χ2n) is 4.87. The van der Waals surface area contributed by atoms with E-state index in [1.165, 1.54) is 23.5 Å². The van der Waals surface area contributed by atoms with E-state index in [2.05, 4.69) is 11.9 Å². The summed E-state index contributed by atoms with van der Waals surface area (Å²) in [5.74, 6) is 0. The average molecular weight is 351 g/mol. The highest BCUT2D eigenvalue weighted by Crippen LogP contribution is 2.30. The van der Waals surface area contributed by atoms with Gasteiger partial charge in [0.25, 0.3) is 0 Å². The molecule has 1 rings (SSSR count). The highest BCUT2D eigenvalue weighted by molar-refractivity contribution is 7.89. The topological polar surface area (TPSA) is 49.4 Å². The molecular formula is C14H20Cl2N2O2S. The Kier molecular flexibility index (Phi) is 6.69. The molecule has 21 heavy (non-hydrogen) atoms. The van der Waals surface area contributed by atoms with Gasteiger partial charge in [0, 0.05) is 25.2 Å². The van der Waals surface area contributed by atoms with Crippen LogP contribution in [0.3, 0.4) is 0 Å². The van der Waals surface area contributed by atoms with E-state index in [4.69, 9.17) is 23.2 Å². The first-order valence-electron chi connectivity index (χ1n) is 6.49. The molecule has 7 heteroatoms. The van der Waals surface area contributed by atoms with Gasteiger partial charge in [-0.15, -0.1) is 0 Å². The zero-order valence-electron chi connectivity index (χ0n) is 12.4. The lowest BCUT2D eigenvalue weighted by molar-refractivity contribution is 0.493. The molecule has 0 aromatic heterocycles. The van der Waals surface area contributed by atoms with E-state index >= 15 is 0 Å². The summed E-state index contributed by atoms with van der Waals surface area (Å²) in [6, 6.07) is 2.99. The first kappa shape index (κ1) is 18.5. The maximum atomic E-state index is 12.6. The van der Waals surface area contributed by atoms with Gasteiger partial charge in [0.05, 0.1) is 5.02 Å². The first-order chi connectivity index (χ1) is 9.70. The Morgan fingerprint density at radius 2 is 1.95 bits per heavy atom. The number of nitrogens with zero attached hydrogens (tertiary/aromatic N) is 1. The van der Waals surface area contributed by atoms with E-state index < -0.39 is 10.0 Å². The Morgan fingerprint density at radius 1 is 1.33 bits per heavy atom. The van der Waals surface area contributed by atoms with Crippen molar-refractivity contribution in [2.45, 2.75) is 25.3 Å². The smallest absolute Gasteiger partial charge is 0.244 e. The summed E-state index contributed by atoms with van der Waals surface area (Å²) in [6.45, 7) is 8.94. The minimum atomic E-state index is -3.67. The number of hydrogen-bond acceptors (Lipinski definition) is 3. The minimum Gasteiger partial charge on any atom is -0.313 e. The molecule has 0 aliphatic heterocycles. The molecule has 0 aliphatic carbocycles. The normalized spacial score (nSPS) is 11.9. The van der Waals surface area contributed by atoms with E-state index in [0.717, 1.165) is 12.1 Å². The summed E-state index contributed by atoms with van der Waals surface area (Å²) in [6.07, 6.45) is 0. The van der Waals surface area contributed by atoms with Crippen LogP contribution in [0.4, 0.5) is 0 Å². The SMILES string of the molecule is C=C(C)CN(C)S(=O)(=O)c1cc(CNCC)c(Cl)cc1Cl. The van der Waals surface area contributed by atoms with Gasteiger partial charge in [-0.3, -0.25) is 0 Å². The van der Waals surface area contributed by atoms with Crippen molar-refractivity contribution < 1.29 is 8.42 Å². The van der Waals surface area contributed by atoms with Crippen molar-refractivity contribution in [1.82, 2.24) is 9.62 Å². The summed E-state index contributed by atoms with van der Waals surface area (Å²) in [5.41, 5.74) is 1.45. The predicted molar refractivity (Wildman–Crippen MR) is 88.5 cm³/mol. The molecule has 1 aromatic rings. The zero-order valence-corrected chi connectivity index (χ0v) is 14.7. The van der Waals surface area contributed by atoms with Crippen molar-refractivity contribution in [1.29, 1.82) is 0 Å². The van der Waals surface area contributed by atoms with E-state index in [1.807, 2.05) is 6.92 Å². The first-order valence-corrected chi connectivity index (χ1v) is 8.69. The van der Waals surface area contributed by atoms with Crippen LogP contribution >= 0.6 is 23.2 Å². The third-order valence-electron chi connectivity index (χ3n) is 2.85. The number of nitrogens with one attached hydrogen (secondary N) is 1. The van der Waals surface area contributed by atoms with Crippen molar-refractivity contribution >= 4 is 33.2 Å². The number of rotatable bonds is 7. The molecule has 0 spiro atoms. The van der Waals surface area contributed by atoms with Gasteiger partial charge in [0.2, 0.25) is 10.0 Å². The highest BCUT2D eigenvalue weighted by atomic mass is 35.5. The lowest BCUT2D eigenvalue weighted by Crippen LogP contribution is -2.28. The second-order valence-corrected chi connectivity index (χ2v) is 7.70. The van der Waals surface area contributed by atoms with Crippen molar-refractivity contribution in [2.24, 2.45) is 0 Å². The Bertz CT molecular complexity index is 630. The Hall–Kier alpha value is -0.590. The molecule has 0 saturated carbocycles. The van der Waals surface area contributed by atoms with Gasteiger partial charge in [0.1, 0.15) is 4.90 Å². The molecule has 1 aromatic carbocycles. The van der Waals surface area contributed by atoms with Crippen LogP contribution in [0.1, 0.15) is 19.4 Å².